The van der Waals surface area contributed by atoms with Gasteiger partial charge in [-0.15, -0.1) is 0 Å². The van der Waals surface area contributed by atoms with E-state index < -0.39 is 0 Å². The summed E-state index contributed by atoms with van der Waals surface area (Å²) in [6.45, 7) is 9.29. The Kier molecular flexibility index (Phi) is 5.20. The summed E-state index contributed by atoms with van der Waals surface area (Å²) < 4.78 is 0. The molecule has 0 aromatic carbocycles. The van der Waals surface area contributed by atoms with Gasteiger partial charge in [-0.2, -0.15) is 0 Å². The van der Waals surface area contributed by atoms with Crippen LogP contribution in [0.15, 0.2) is 18.3 Å². The molecule has 2 aromatic heterocycles. The largest absolute Gasteiger partial charge is 0.370 e. The monoisotopic (exact) mass is 285 g/mol. The van der Waals surface area contributed by atoms with E-state index >= 15 is 0 Å². The van der Waals surface area contributed by atoms with Crippen molar-refractivity contribution in [3.8, 4) is 11.5 Å². The van der Waals surface area contributed by atoms with Crippen LogP contribution in [0.4, 0.5) is 5.82 Å². The summed E-state index contributed by atoms with van der Waals surface area (Å²) in [7, 11) is 0. The van der Waals surface area contributed by atoms with Gasteiger partial charge in [-0.05, 0) is 31.7 Å². The van der Waals surface area contributed by atoms with Gasteiger partial charge in [0.1, 0.15) is 17.3 Å². The number of nitrogens with one attached hydrogen (secondary N) is 1. The molecule has 0 radical (unpaired) electrons. The Morgan fingerprint density at radius 1 is 1.19 bits per heavy atom. The summed E-state index contributed by atoms with van der Waals surface area (Å²) in [5.41, 5.74) is 1.82. The molecule has 2 rings (SSSR count). The van der Waals surface area contributed by atoms with Crippen LogP contribution in [0.25, 0.3) is 11.5 Å². The molecule has 1 N–H and O–H groups in total. The fourth-order valence-corrected chi connectivity index (χ4v) is 2.06. The SMILES string of the molecule is CCCNc1cc(CC(C)C)nc(-c2ccnc(C)n2)n1. The van der Waals surface area contributed by atoms with E-state index in [1.54, 1.807) is 6.20 Å². The first kappa shape index (κ1) is 15.4. The maximum atomic E-state index is 4.65. The third-order valence-electron chi connectivity index (χ3n) is 2.96. The summed E-state index contributed by atoms with van der Waals surface area (Å²) in [5, 5.41) is 3.34. The zero-order valence-electron chi connectivity index (χ0n) is 13.2. The van der Waals surface area contributed by atoms with Crippen molar-refractivity contribution >= 4 is 5.82 Å². The maximum Gasteiger partial charge on any atom is 0.180 e. The molecule has 0 aliphatic heterocycles. The van der Waals surface area contributed by atoms with Crippen LogP contribution in [0.1, 0.15) is 38.7 Å². The van der Waals surface area contributed by atoms with Gasteiger partial charge in [-0.3, -0.25) is 0 Å². The Bertz CT molecular complexity index is 595. The third-order valence-corrected chi connectivity index (χ3v) is 2.96. The van der Waals surface area contributed by atoms with Gasteiger partial charge in [0.05, 0.1) is 0 Å². The molecule has 5 nitrogen and oxygen atoms in total. The van der Waals surface area contributed by atoms with Gasteiger partial charge in [0.25, 0.3) is 0 Å². The molecule has 21 heavy (non-hydrogen) atoms. The van der Waals surface area contributed by atoms with Gasteiger partial charge in [-0.25, -0.2) is 19.9 Å². The van der Waals surface area contributed by atoms with Crippen LogP contribution in [0.3, 0.4) is 0 Å². The van der Waals surface area contributed by atoms with Gasteiger partial charge in [0, 0.05) is 24.5 Å². The molecule has 2 heterocycles. The van der Waals surface area contributed by atoms with Crippen molar-refractivity contribution in [1.82, 2.24) is 19.9 Å². The van der Waals surface area contributed by atoms with Crippen LogP contribution in [-0.2, 0) is 6.42 Å². The molecule has 0 saturated heterocycles. The van der Waals surface area contributed by atoms with Crippen LogP contribution < -0.4 is 5.32 Å². The summed E-state index contributed by atoms with van der Waals surface area (Å²) in [4.78, 5) is 17.8. The van der Waals surface area contributed by atoms with E-state index in [1.165, 1.54) is 0 Å². The number of hydrogen-bond donors (Lipinski definition) is 1. The van der Waals surface area contributed by atoms with E-state index in [0.29, 0.717) is 11.7 Å². The van der Waals surface area contributed by atoms with Crippen molar-refractivity contribution in [3.05, 3.63) is 29.8 Å². The molecule has 5 heteroatoms. The molecular weight excluding hydrogens is 262 g/mol. The van der Waals surface area contributed by atoms with Gasteiger partial charge in [-0.1, -0.05) is 20.8 Å². The normalized spacial score (nSPS) is 10.9. The minimum Gasteiger partial charge on any atom is -0.370 e. The molecule has 0 unspecified atom stereocenters. The van der Waals surface area contributed by atoms with Crippen LogP contribution in [0.5, 0.6) is 0 Å². The second kappa shape index (κ2) is 7.11. The molecule has 0 aliphatic carbocycles. The van der Waals surface area contributed by atoms with Crippen molar-refractivity contribution in [2.75, 3.05) is 11.9 Å². The number of nitrogens with zero attached hydrogens (tertiary/aromatic N) is 4. The zero-order chi connectivity index (χ0) is 15.2. The van der Waals surface area contributed by atoms with E-state index in [0.717, 1.165) is 42.4 Å². The average molecular weight is 285 g/mol. The summed E-state index contributed by atoms with van der Waals surface area (Å²) in [6, 6.07) is 3.89. The second-order valence-corrected chi connectivity index (χ2v) is 5.58. The highest BCUT2D eigenvalue weighted by molar-refractivity contribution is 5.52. The topological polar surface area (TPSA) is 63.6 Å². The molecule has 0 saturated carbocycles. The average Bonchev–Trinajstić information content (AvgIpc) is 2.44. The highest BCUT2D eigenvalue weighted by atomic mass is 15.0. The van der Waals surface area contributed by atoms with Crippen molar-refractivity contribution in [1.29, 1.82) is 0 Å². The lowest BCUT2D eigenvalue weighted by Crippen LogP contribution is -2.07. The van der Waals surface area contributed by atoms with Crippen LogP contribution in [0, 0.1) is 12.8 Å². The molecule has 0 aliphatic rings. The Labute approximate surface area is 126 Å². The van der Waals surface area contributed by atoms with E-state index in [4.69, 9.17) is 0 Å². The van der Waals surface area contributed by atoms with Gasteiger partial charge in [0.2, 0.25) is 0 Å². The first-order valence-corrected chi connectivity index (χ1v) is 7.50. The minimum absolute atomic E-state index is 0.555. The Hall–Kier alpha value is -2.04. The third kappa shape index (κ3) is 4.48. The maximum absolute atomic E-state index is 4.65. The molecule has 0 fully saturated rings. The molecule has 112 valence electrons. The highest BCUT2D eigenvalue weighted by Gasteiger charge is 2.09. The number of anilines is 1. The molecule has 0 amide bonds. The fraction of sp³-hybridized carbons (Fsp3) is 0.500. The number of rotatable bonds is 6. The van der Waals surface area contributed by atoms with Crippen molar-refractivity contribution in [2.24, 2.45) is 5.92 Å². The van der Waals surface area contributed by atoms with E-state index in [1.807, 2.05) is 19.1 Å². The smallest absolute Gasteiger partial charge is 0.180 e. The van der Waals surface area contributed by atoms with Crippen molar-refractivity contribution in [2.45, 2.75) is 40.5 Å². The predicted octanol–water partition coefficient (Wildman–Crippen LogP) is 3.26. The fourth-order valence-electron chi connectivity index (χ4n) is 2.06. The minimum atomic E-state index is 0.555. The number of hydrogen-bond acceptors (Lipinski definition) is 5. The predicted molar refractivity (Wildman–Crippen MR) is 85.1 cm³/mol. The molecule has 0 spiro atoms. The summed E-state index contributed by atoms with van der Waals surface area (Å²) in [5.74, 6) is 2.82. The quantitative estimate of drug-likeness (QED) is 0.882. The second-order valence-electron chi connectivity index (χ2n) is 5.58. The van der Waals surface area contributed by atoms with Gasteiger partial charge >= 0.3 is 0 Å². The first-order valence-electron chi connectivity index (χ1n) is 7.50. The summed E-state index contributed by atoms with van der Waals surface area (Å²) in [6.07, 6.45) is 3.74. The van der Waals surface area contributed by atoms with E-state index in [2.05, 4.69) is 46.0 Å². The van der Waals surface area contributed by atoms with Crippen LogP contribution in [0.2, 0.25) is 0 Å². The highest BCUT2D eigenvalue weighted by Crippen LogP contribution is 2.18. The lowest BCUT2D eigenvalue weighted by atomic mass is 10.1. The lowest BCUT2D eigenvalue weighted by Gasteiger charge is -2.10. The van der Waals surface area contributed by atoms with Crippen LogP contribution in [-0.4, -0.2) is 26.5 Å². The Morgan fingerprint density at radius 3 is 2.67 bits per heavy atom. The first-order chi connectivity index (χ1) is 10.1. The van der Waals surface area contributed by atoms with Gasteiger partial charge in [0.15, 0.2) is 5.82 Å². The van der Waals surface area contributed by atoms with E-state index in [9.17, 15) is 0 Å². The summed E-state index contributed by atoms with van der Waals surface area (Å²) >= 11 is 0. The van der Waals surface area contributed by atoms with E-state index in [-0.39, 0.29) is 0 Å². The van der Waals surface area contributed by atoms with Gasteiger partial charge < -0.3 is 5.32 Å². The number of aromatic nitrogens is 4. The van der Waals surface area contributed by atoms with Crippen molar-refractivity contribution in [3.63, 3.8) is 0 Å². The van der Waals surface area contributed by atoms with Crippen molar-refractivity contribution < 1.29 is 0 Å². The molecule has 2 aromatic rings. The lowest BCUT2D eigenvalue weighted by molar-refractivity contribution is 0.634. The van der Waals surface area contributed by atoms with Crippen LogP contribution >= 0.6 is 0 Å². The number of aryl methyl sites for hydroxylation is 1. The Morgan fingerprint density at radius 2 is 2.00 bits per heavy atom. The molecule has 0 atom stereocenters. The Balaban J connectivity index is 2.38. The zero-order valence-corrected chi connectivity index (χ0v) is 13.2. The molecule has 0 bridgehead atoms. The standard InChI is InChI=1S/C16H23N5/c1-5-7-18-15-10-13(9-11(2)3)20-16(21-15)14-6-8-17-12(4)19-14/h6,8,10-11H,5,7,9H2,1-4H3,(H,18,20,21). The molecular formula is C16H23N5.